The predicted octanol–water partition coefficient (Wildman–Crippen LogP) is 5.71. The van der Waals surface area contributed by atoms with Gasteiger partial charge in [-0.05, 0) is 27.2 Å². The molecule has 0 rings (SSSR count). The van der Waals surface area contributed by atoms with E-state index >= 15 is 0 Å². The normalized spacial score (nSPS) is 5.42. The van der Waals surface area contributed by atoms with Gasteiger partial charge in [0.05, 0.1) is 36.4 Å². The SMILES string of the molecule is C=C(C)C#N.C=CC#N.CC#N.CC(C)C#N.CCC#N.CCCC#N. The van der Waals surface area contributed by atoms with Gasteiger partial charge in [-0.1, -0.05) is 27.0 Å². The molecule has 140 valence electrons. The molecule has 0 aliphatic rings. The van der Waals surface area contributed by atoms with E-state index in [4.69, 9.17) is 31.6 Å². The fraction of sp³-hybridized carbons (Fsp3) is 0.500. The third-order valence-corrected chi connectivity index (χ3v) is 1.06. The van der Waals surface area contributed by atoms with Crippen molar-refractivity contribution in [2.45, 2.75) is 60.8 Å². The second-order valence-corrected chi connectivity index (χ2v) is 4.15. The first-order valence-corrected chi connectivity index (χ1v) is 7.71. The number of nitrogens with zero attached hydrogens (tertiary/aromatic N) is 6. The van der Waals surface area contributed by atoms with Gasteiger partial charge in [0.2, 0.25) is 0 Å². The van der Waals surface area contributed by atoms with Crippen LogP contribution in [0.3, 0.4) is 0 Å². The highest BCUT2D eigenvalue weighted by atomic mass is 14.2. The molecule has 0 radical (unpaired) electrons. The molecule has 0 atom stereocenters. The molecule has 0 aromatic rings. The first-order chi connectivity index (χ1) is 12.2. The Balaban J connectivity index is -0.0000000466. The third kappa shape index (κ3) is 394. The zero-order valence-corrected chi connectivity index (χ0v) is 16.9. The maximum Gasteiger partial charge on any atom is 0.0937 e. The Bertz CT molecular complexity index is 534. The molecule has 0 aliphatic heterocycles. The predicted molar refractivity (Wildman–Crippen MR) is 104 cm³/mol. The Morgan fingerprint density at radius 1 is 1.00 bits per heavy atom. The van der Waals surface area contributed by atoms with Gasteiger partial charge in [0, 0.05) is 37.3 Å². The summed E-state index contributed by atoms with van der Waals surface area (Å²) in [5.74, 6) is 0.190. The van der Waals surface area contributed by atoms with E-state index in [0.29, 0.717) is 18.4 Å². The van der Waals surface area contributed by atoms with Gasteiger partial charge >= 0.3 is 0 Å². The Morgan fingerprint density at radius 2 is 1.27 bits per heavy atom. The van der Waals surface area contributed by atoms with Crippen LogP contribution < -0.4 is 0 Å². The summed E-state index contributed by atoms with van der Waals surface area (Å²) in [5.41, 5.74) is 0.560. The van der Waals surface area contributed by atoms with Crippen molar-refractivity contribution >= 4 is 0 Å². The molecule has 26 heavy (non-hydrogen) atoms. The van der Waals surface area contributed by atoms with E-state index in [1.165, 1.54) is 13.0 Å². The fourth-order valence-electron chi connectivity index (χ4n) is 0.112. The highest BCUT2D eigenvalue weighted by molar-refractivity contribution is 5.11. The number of allylic oxidation sites excluding steroid dienone is 2. The van der Waals surface area contributed by atoms with E-state index < -0.39 is 0 Å². The van der Waals surface area contributed by atoms with Gasteiger partial charge in [0.1, 0.15) is 0 Å². The lowest BCUT2D eigenvalue weighted by Gasteiger charge is -1.75. The van der Waals surface area contributed by atoms with Gasteiger partial charge in [-0.15, -0.1) is 0 Å². The quantitative estimate of drug-likeness (QED) is 0.552. The van der Waals surface area contributed by atoms with Crippen molar-refractivity contribution in [3.8, 4) is 36.4 Å². The van der Waals surface area contributed by atoms with E-state index in [9.17, 15) is 0 Å². The Morgan fingerprint density at radius 3 is 1.27 bits per heavy atom. The van der Waals surface area contributed by atoms with Crippen molar-refractivity contribution in [1.29, 1.82) is 31.6 Å². The lowest BCUT2D eigenvalue weighted by molar-refractivity contribution is 0.849. The lowest BCUT2D eigenvalue weighted by Crippen LogP contribution is -1.72. The molecule has 0 heterocycles. The monoisotopic (exact) mass is 354 g/mol. The molecule has 0 fully saturated rings. The van der Waals surface area contributed by atoms with Crippen LogP contribution in [0.4, 0.5) is 0 Å². The van der Waals surface area contributed by atoms with Gasteiger partial charge in [0.25, 0.3) is 0 Å². The van der Waals surface area contributed by atoms with Crippen LogP contribution in [-0.4, -0.2) is 0 Å². The van der Waals surface area contributed by atoms with Crippen molar-refractivity contribution < 1.29 is 0 Å². The number of unbranched alkanes of at least 4 members (excludes halogenated alkanes) is 1. The number of rotatable bonds is 1. The van der Waals surface area contributed by atoms with Gasteiger partial charge < -0.3 is 0 Å². The van der Waals surface area contributed by atoms with E-state index in [0.717, 1.165) is 6.42 Å². The van der Waals surface area contributed by atoms with Crippen LogP contribution in [0, 0.1) is 73.9 Å². The fourth-order valence-corrected chi connectivity index (χ4v) is 0.112. The zero-order chi connectivity index (χ0) is 22.2. The summed E-state index contributed by atoms with van der Waals surface area (Å²) in [7, 11) is 0. The summed E-state index contributed by atoms with van der Waals surface area (Å²) in [6.07, 6.45) is 3.48. The molecule has 6 nitrogen and oxygen atoms in total. The molecule has 0 aromatic carbocycles. The molecular weight excluding hydrogens is 324 g/mol. The molecule has 0 aliphatic carbocycles. The zero-order valence-electron chi connectivity index (χ0n) is 16.9. The molecule has 0 bridgehead atoms. The van der Waals surface area contributed by atoms with Gasteiger partial charge in [0.15, 0.2) is 0 Å². The van der Waals surface area contributed by atoms with E-state index in [1.54, 1.807) is 19.1 Å². The van der Waals surface area contributed by atoms with Gasteiger partial charge in [-0.2, -0.15) is 31.6 Å². The molecule has 6 heteroatoms. The minimum Gasteiger partial charge on any atom is -0.199 e. The molecular formula is C20H30N6. The van der Waals surface area contributed by atoms with Gasteiger partial charge in [-0.3, -0.25) is 0 Å². The number of hydrogen-bond acceptors (Lipinski definition) is 6. The first kappa shape index (κ1) is 38.2. The summed E-state index contributed by atoms with van der Waals surface area (Å²) in [6, 6.07) is 11.3. The molecule has 0 N–H and O–H groups in total. The van der Waals surface area contributed by atoms with E-state index in [-0.39, 0.29) is 5.92 Å². The Hall–Kier alpha value is -3.58. The number of hydrogen-bond donors (Lipinski definition) is 0. The number of nitriles is 6. The molecule has 0 spiro atoms. The minimum atomic E-state index is 0.190. The summed E-state index contributed by atoms with van der Waals surface area (Å²) in [6.45, 7) is 17.1. The average molecular weight is 355 g/mol. The molecule has 0 saturated carbocycles. The van der Waals surface area contributed by atoms with Crippen LogP contribution in [0.25, 0.3) is 0 Å². The smallest absolute Gasteiger partial charge is 0.0937 e. The second kappa shape index (κ2) is 57.9. The van der Waals surface area contributed by atoms with Crippen LogP contribution >= 0.6 is 0 Å². The minimum absolute atomic E-state index is 0.190. The maximum absolute atomic E-state index is 7.89. The van der Waals surface area contributed by atoms with Crippen LogP contribution in [-0.2, 0) is 0 Å². The van der Waals surface area contributed by atoms with Crippen molar-refractivity contribution in [2.24, 2.45) is 5.92 Å². The van der Waals surface area contributed by atoms with Gasteiger partial charge in [-0.25, -0.2) is 0 Å². The van der Waals surface area contributed by atoms with Crippen molar-refractivity contribution in [2.75, 3.05) is 0 Å². The summed E-state index contributed by atoms with van der Waals surface area (Å²) >= 11 is 0. The molecule has 0 unspecified atom stereocenters. The summed E-state index contributed by atoms with van der Waals surface area (Å²) in [4.78, 5) is 0. The van der Waals surface area contributed by atoms with Crippen molar-refractivity contribution in [3.05, 3.63) is 24.8 Å². The Labute approximate surface area is 160 Å². The summed E-state index contributed by atoms with van der Waals surface area (Å²) in [5, 5.41) is 46.0. The van der Waals surface area contributed by atoms with Crippen molar-refractivity contribution in [3.63, 3.8) is 0 Å². The topological polar surface area (TPSA) is 143 Å². The van der Waals surface area contributed by atoms with Crippen LogP contribution in [0.15, 0.2) is 24.8 Å². The van der Waals surface area contributed by atoms with E-state index in [2.05, 4.69) is 13.2 Å². The lowest BCUT2D eigenvalue weighted by atomic mass is 10.3. The maximum atomic E-state index is 7.89. The largest absolute Gasteiger partial charge is 0.199 e. The average Bonchev–Trinajstić information content (AvgIpc) is 2.64. The van der Waals surface area contributed by atoms with E-state index in [1.807, 2.05) is 52.0 Å². The molecule has 0 amide bonds. The molecule has 0 saturated heterocycles. The molecule has 0 aromatic heterocycles. The highest BCUT2D eigenvalue weighted by Crippen LogP contribution is 1.82. The second-order valence-electron chi connectivity index (χ2n) is 4.15. The van der Waals surface area contributed by atoms with Crippen LogP contribution in [0.5, 0.6) is 0 Å². The third-order valence-electron chi connectivity index (χ3n) is 1.06. The van der Waals surface area contributed by atoms with Crippen LogP contribution in [0.2, 0.25) is 0 Å². The Kier molecular flexibility index (Phi) is 85.0. The van der Waals surface area contributed by atoms with Crippen LogP contribution in [0.1, 0.15) is 60.8 Å². The highest BCUT2D eigenvalue weighted by Gasteiger charge is 1.78. The first-order valence-electron chi connectivity index (χ1n) is 7.71. The van der Waals surface area contributed by atoms with Crippen molar-refractivity contribution in [1.82, 2.24) is 0 Å². The standard InChI is InChI=1S/C4H7N.C4H5N.C4H7N.C3H5N.C3H3N.C2H3N/c2*1-4(2)3-5;1-2-3-4-5;2*1-2-3-4;1-2-3/h4H,1-2H3;1H2,2H3;2-3H2,1H3;2H2,1H3;2H,1H2;1H3. The summed E-state index contributed by atoms with van der Waals surface area (Å²) < 4.78 is 0.